The first-order valence-electron chi connectivity index (χ1n) is 5.62. The molecule has 0 saturated heterocycles. The summed E-state index contributed by atoms with van der Waals surface area (Å²) in [5.41, 5.74) is 6.22. The van der Waals surface area contributed by atoms with E-state index in [1.165, 1.54) is 17.4 Å². The number of hydrogen-bond acceptors (Lipinski definition) is 4. The lowest BCUT2D eigenvalue weighted by atomic mass is 10.1. The van der Waals surface area contributed by atoms with Crippen LogP contribution in [0.3, 0.4) is 0 Å². The quantitative estimate of drug-likeness (QED) is 0.842. The largest absolute Gasteiger partial charge is 0.330 e. The smallest absolute Gasteiger partial charge is 0.186 e. The van der Waals surface area contributed by atoms with E-state index >= 15 is 0 Å². The third-order valence-electron chi connectivity index (χ3n) is 2.50. The number of nitrogens with zero attached hydrogens (tertiary/aromatic N) is 1. The van der Waals surface area contributed by atoms with E-state index in [-0.39, 0.29) is 18.0 Å². The van der Waals surface area contributed by atoms with Gasteiger partial charge in [0.1, 0.15) is 11.5 Å². The summed E-state index contributed by atoms with van der Waals surface area (Å²) in [4.78, 5) is 16.1. The Hall–Kier alpha value is -1.59. The lowest BCUT2D eigenvalue weighted by Gasteiger charge is -2.00. The summed E-state index contributed by atoms with van der Waals surface area (Å²) in [5, 5.41) is 2.54. The normalized spacial score (nSPS) is 10.6. The standard InChI is InChI=1S/C13H13FN2OS/c14-10-4-2-1-3-9(10)7-12(17)11-8-18-13(16-11)5-6-15/h1-4,8H,5-7,15H2. The molecule has 0 atom stereocenters. The third-order valence-corrected chi connectivity index (χ3v) is 3.41. The summed E-state index contributed by atoms with van der Waals surface area (Å²) in [7, 11) is 0. The van der Waals surface area contributed by atoms with E-state index in [1.807, 2.05) is 0 Å². The van der Waals surface area contributed by atoms with Gasteiger partial charge in [-0.1, -0.05) is 18.2 Å². The number of ketones is 1. The zero-order chi connectivity index (χ0) is 13.0. The summed E-state index contributed by atoms with van der Waals surface area (Å²) in [6, 6.07) is 6.28. The Labute approximate surface area is 108 Å². The summed E-state index contributed by atoms with van der Waals surface area (Å²) in [6.45, 7) is 0.508. The average molecular weight is 264 g/mol. The predicted octanol–water partition coefficient (Wildman–Crippen LogP) is 2.21. The lowest BCUT2D eigenvalue weighted by Crippen LogP contribution is -2.07. The van der Waals surface area contributed by atoms with Gasteiger partial charge >= 0.3 is 0 Å². The number of benzene rings is 1. The first kappa shape index (κ1) is 12.9. The average Bonchev–Trinajstić information content (AvgIpc) is 2.81. The Balaban J connectivity index is 2.10. The number of carbonyl (C=O) groups is 1. The van der Waals surface area contributed by atoms with E-state index in [0.29, 0.717) is 24.2 Å². The summed E-state index contributed by atoms with van der Waals surface area (Å²) < 4.78 is 13.4. The summed E-state index contributed by atoms with van der Waals surface area (Å²) in [6.07, 6.45) is 0.704. The molecule has 0 fully saturated rings. The highest BCUT2D eigenvalue weighted by Gasteiger charge is 2.13. The van der Waals surface area contributed by atoms with Gasteiger partial charge in [-0.25, -0.2) is 9.37 Å². The van der Waals surface area contributed by atoms with Crippen molar-refractivity contribution in [3.05, 3.63) is 51.7 Å². The minimum atomic E-state index is -0.358. The topological polar surface area (TPSA) is 56.0 Å². The summed E-state index contributed by atoms with van der Waals surface area (Å²) >= 11 is 1.41. The monoisotopic (exact) mass is 264 g/mol. The first-order chi connectivity index (χ1) is 8.70. The lowest BCUT2D eigenvalue weighted by molar-refractivity contribution is 0.0987. The van der Waals surface area contributed by atoms with Crippen LogP contribution < -0.4 is 5.73 Å². The Morgan fingerprint density at radius 2 is 2.17 bits per heavy atom. The molecular weight excluding hydrogens is 251 g/mol. The van der Waals surface area contributed by atoms with Gasteiger partial charge in [-0.05, 0) is 18.2 Å². The van der Waals surface area contributed by atoms with Crippen molar-refractivity contribution in [1.82, 2.24) is 4.98 Å². The molecule has 1 aromatic carbocycles. The second-order valence-electron chi connectivity index (χ2n) is 3.86. The fraction of sp³-hybridized carbons (Fsp3) is 0.231. The zero-order valence-corrected chi connectivity index (χ0v) is 10.5. The van der Waals surface area contributed by atoms with Crippen LogP contribution in [0, 0.1) is 5.82 Å². The predicted molar refractivity (Wildman–Crippen MR) is 69.3 cm³/mol. The molecule has 18 heavy (non-hydrogen) atoms. The van der Waals surface area contributed by atoms with Gasteiger partial charge in [0, 0.05) is 18.2 Å². The van der Waals surface area contributed by atoms with Crippen molar-refractivity contribution < 1.29 is 9.18 Å². The maximum atomic E-state index is 13.4. The van der Waals surface area contributed by atoms with Crippen LogP contribution in [0.4, 0.5) is 4.39 Å². The van der Waals surface area contributed by atoms with Crippen molar-refractivity contribution in [2.75, 3.05) is 6.54 Å². The fourth-order valence-electron chi connectivity index (χ4n) is 1.58. The Kier molecular flexibility index (Phi) is 4.17. The number of rotatable bonds is 5. The molecule has 0 bridgehead atoms. The van der Waals surface area contributed by atoms with Crippen LogP contribution in [0.2, 0.25) is 0 Å². The molecule has 2 aromatic rings. The minimum absolute atomic E-state index is 0.0402. The Morgan fingerprint density at radius 1 is 1.39 bits per heavy atom. The molecule has 5 heteroatoms. The molecule has 0 amide bonds. The summed E-state index contributed by atoms with van der Waals surface area (Å²) in [5.74, 6) is -0.525. The Morgan fingerprint density at radius 3 is 2.89 bits per heavy atom. The molecule has 0 spiro atoms. The van der Waals surface area contributed by atoms with Crippen LogP contribution in [0.5, 0.6) is 0 Å². The number of aromatic nitrogens is 1. The van der Waals surface area contributed by atoms with Gasteiger partial charge in [-0.3, -0.25) is 4.79 Å². The van der Waals surface area contributed by atoms with E-state index < -0.39 is 0 Å². The molecule has 0 saturated carbocycles. The van der Waals surface area contributed by atoms with Crippen LogP contribution in [0.15, 0.2) is 29.6 Å². The van der Waals surface area contributed by atoms with Gasteiger partial charge in [0.25, 0.3) is 0 Å². The fourth-order valence-corrected chi connectivity index (χ4v) is 2.40. The van der Waals surface area contributed by atoms with Crippen molar-refractivity contribution >= 4 is 17.1 Å². The van der Waals surface area contributed by atoms with Crippen molar-refractivity contribution in [2.45, 2.75) is 12.8 Å². The highest BCUT2D eigenvalue weighted by atomic mass is 32.1. The van der Waals surface area contributed by atoms with Gasteiger partial charge in [-0.2, -0.15) is 0 Å². The molecule has 0 radical (unpaired) electrons. The molecule has 1 heterocycles. The second kappa shape index (κ2) is 5.84. The van der Waals surface area contributed by atoms with Crippen molar-refractivity contribution in [3.8, 4) is 0 Å². The number of nitrogens with two attached hydrogens (primary N) is 1. The van der Waals surface area contributed by atoms with Crippen molar-refractivity contribution in [3.63, 3.8) is 0 Å². The van der Waals surface area contributed by atoms with Gasteiger partial charge in [-0.15, -0.1) is 11.3 Å². The van der Waals surface area contributed by atoms with Crippen LogP contribution in [0.25, 0.3) is 0 Å². The molecule has 2 N–H and O–H groups in total. The van der Waals surface area contributed by atoms with E-state index in [2.05, 4.69) is 4.98 Å². The van der Waals surface area contributed by atoms with Gasteiger partial charge in [0.2, 0.25) is 0 Å². The van der Waals surface area contributed by atoms with Gasteiger partial charge in [0.15, 0.2) is 5.78 Å². The molecule has 1 aromatic heterocycles. The third kappa shape index (κ3) is 3.00. The van der Waals surface area contributed by atoms with E-state index in [0.717, 1.165) is 5.01 Å². The van der Waals surface area contributed by atoms with E-state index in [4.69, 9.17) is 5.73 Å². The molecule has 0 unspecified atom stereocenters. The highest BCUT2D eigenvalue weighted by molar-refractivity contribution is 7.09. The second-order valence-corrected chi connectivity index (χ2v) is 4.80. The minimum Gasteiger partial charge on any atom is -0.330 e. The molecule has 0 aliphatic carbocycles. The van der Waals surface area contributed by atoms with Crippen molar-refractivity contribution in [1.29, 1.82) is 0 Å². The molecular formula is C13H13FN2OS. The van der Waals surface area contributed by atoms with E-state index in [9.17, 15) is 9.18 Å². The number of hydrogen-bond donors (Lipinski definition) is 1. The van der Waals surface area contributed by atoms with Crippen LogP contribution in [0.1, 0.15) is 21.1 Å². The molecule has 2 rings (SSSR count). The van der Waals surface area contributed by atoms with Gasteiger partial charge < -0.3 is 5.73 Å². The van der Waals surface area contributed by atoms with Crippen LogP contribution >= 0.6 is 11.3 Å². The maximum absolute atomic E-state index is 13.4. The van der Waals surface area contributed by atoms with E-state index in [1.54, 1.807) is 23.6 Å². The first-order valence-corrected chi connectivity index (χ1v) is 6.49. The highest BCUT2D eigenvalue weighted by Crippen LogP contribution is 2.14. The zero-order valence-electron chi connectivity index (χ0n) is 9.73. The molecule has 0 aliphatic heterocycles. The SMILES string of the molecule is NCCc1nc(C(=O)Cc2ccccc2F)cs1. The van der Waals surface area contributed by atoms with Crippen LogP contribution in [-0.2, 0) is 12.8 Å². The van der Waals surface area contributed by atoms with Crippen LogP contribution in [-0.4, -0.2) is 17.3 Å². The van der Waals surface area contributed by atoms with Crippen molar-refractivity contribution in [2.24, 2.45) is 5.73 Å². The van der Waals surface area contributed by atoms with Gasteiger partial charge in [0.05, 0.1) is 5.01 Å². The number of thiazole rings is 1. The number of halogens is 1. The maximum Gasteiger partial charge on any atom is 0.186 e. The Bertz CT molecular complexity index is 553. The number of Topliss-reactive ketones (excluding diaryl/α,β-unsaturated/α-hetero) is 1. The molecule has 3 nitrogen and oxygen atoms in total. The number of carbonyl (C=O) groups excluding carboxylic acids is 1. The molecule has 94 valence electrons. The molecule has 0 aliphatic rings.